The Morgan fingerprint density at radius 2 is 1.89 bits per heavy atom. The second kappa shape index (κ2) is 9.26. The lowest BCUT2D eigenvalue weighted by molar-refractivity contribution is -0.304. The van der Waals surface area contributed by atoms with Crippen molar-refractivity contribution < 1.29 is 39.8 Å². The van der Waals surface area contributed by atoms with Gasteiger partial charge >= 0.3 is 0 Å². The molecule has 0 bridgehead atoms. The van der Waals surface area contributed by atoms with Gasteiger partial charge in [-0.15, -0.1) is 0 Å². The molecule has 8 heteroatoms. The summed E-state index contributed by atoms with van der Waals surface area (Å²) in [6.45, 7) is 5.61. The molecule has 0 radical (unpaired) electrons. The van der Waals surface area contributed by atoms with Gasteiger partial charge in [0.25, 0.3) is 0 Å². The second-order valence-corrected chi connectivity index (χ2v) is 8.75. The zero-order valence-corrected chi connectivity index (χ0v) is 16.3. The first kappa shape index (κ1) is 22.7. The molecule has 0 aromatic carbocycles. The van der Waals surface area contributed by atoms with E-state index in [4.69, 9.17) is 9.47 Å². The van der Waals surface area contributed by atoms with Crippen molar-refractivity contribution >= 4 is 5.78 Å². The van der Waals surface area contributed by atoms with Gasteiger partial charge in [0.2, 0.25) is 0 Å². The highest BCUT2D eigenvalue weighted by Gasteiger charge is 2.44. The lowest BCUT2D eigenvalue weighted by Gasteiger charge is -2.42. The minimum absolute atomic E-state index is 0.105. The van der Waals surface area contributed by atoms with Gasteiger partial charge in [0.15, 0.2) is 6.29 Å². The average molecular weight is 390 g/mol. The molecule has 1 saturated heterocycles. The Balaban J connectivity index is 1.82. The first-order valence-corrected chi connectivity index (χ1v) is 9.68. The number of carbonyl (C=O) groups is 1. The quantitative estimate of drug-likeness (QED) is 0.396. The maximum atomic E-state index is 11.8. The van der Waals surface area contributed by atoms with Crippen molar-refractivity contribution in [3.05, 3.63) is 0 Å². The molecule has 0 aromatic rings. The van der Waals surface area contributed by atoms with E-state index < -0.39 is 43.4 Å². The van der Waals surface area contributed by atoms with E-state index in [1.165, 1.54) is 0 Å². The molecule has 1 aliphatic carbocycles. The van der Waals surface area contributed by atoms with Crippen LogP contribution in [0.15, 0.2) is 0 Å². The molecular formula is C19H34O8. The molecule has 2 aliphatic rings. The molecule has 2 rings (SSSR count). The lowest BCUT2D eigenvalue weighted by Crippen LogP contribution is -2.59. The van der Waals surface area contributed by atoms with Crippen LogP contribution in [0.2, 0.25) is 0 Å². The highest BCUT2D eigenvalue weighted by molar-refractivity contribution is 5.80. The van der Waals surface area contributed by atoms with E-state index in [-0.39, 0.29) is 23.7 Å². The van der Waals surface area contributed by atoms with E-state index in [1.54, 1.807) is 0 Å². The third-order valence-electron chi connectivity index (χ3n) is 6.01. The molecule has 1 saturated carbocycles. The molecule has 158 valence electrons. The van der Waals surface area contributed by atoms with Gasteiger partial charge < -0.3 is 35.0 Å². The van der Waals surface area contributed by atoms with Crippen LogP contribution in [-0.2, 0) is 14.3 Å². The summed E-state index contributed by atoms with van der Waals surface area (Å²) in [4.78, 5) is 11.8. The molecule has 1 unspecified atom stereocenters. The molecule has 1 aliphatic heterocycles. The third kappa shape index (κ3) is 5.47. The van der Waals surface area contributed by atoms with Crippen molar-refractivity contribution in [3.63, 3.8) is 0 Å². The van der Waals surface area contributed by atoms with Crippen LogP contribution in [0.1, 0.15) is 46.5 Å². The van der Waals surface area contributed by atoms with E-state index in [0.717, 1.165) is 6.42 Å². The van der Waals surface area contributed by atoms with Crippen molar-refractivity contribution in [2.24, 2.45) is 17.3 Å². The van der Waals surface area contributed by atoms with Crippen molar-refractivity contribution in [2.75, 3.05) is 13.2 Å². The van der Waals surface area contributed by atoms with Gasteiger partial charge in [-0.3, -0.25) is 4.79 Å². The molecule has 0 aromatic heterocycles. The number of hydrogen-bond acceptors (Lipinski definition) is 8. The Hall–Kier alpha value is -0.610. The molecule has 5 N–H and O–H groups in total. The average Bonchev–Trinajstić information content (AvgIpc) is 2.57. The van der Waals surface area contributed by atoms with Crippen LogP contribution in [0.3, 0.4) is 0 Å². The molecule has 0 spiro atoms. The number of Topliss-reactive ketones (excluding diaryl/α,β-unsaturated/α-hetero) is 1. The summed E-state index contributed by atoms with van der Waals surface area (Å²) in [5, 5.41) is 48.9. The van der Waals surface area contributed by atoms with E-state index in [9.17, 15) is 30.3 Å². The molecule has 8 atom stereocenters. The summed E-state index contributed by atoms with van der Waals surface area (Å²) in [6.07, 6.45) is -5.12. The fourth-order valence-corrected chi connectivity index (χ4v) is 4.52. The smallest absolute Gasteiger partial charge is 0.186 e. The van der Waals surface area contributed by atoms with Gasteiger partial charge in [0.1, 0.15) is 30.2 Å². The third-order valence-corrected chi connectivity index (χ3v) is 6.01. The molecule has 2 fully saturated rings. The van der Waals surface area contributed by atoms with Gasteiger partial charge in [0.05, 0.1) is 19.3 Å². The number of ketones is 1. The summed E-state index contributed by atoms with van der Waals surface area (Å²) in [6, 6.07) is 0. The first-order chi connectivity index (χ1) is 12.6. The zero-order chi connectivity index (χ0) is 20.4. The van der Waals surface area contributed by atoms with Crippen molar-refractivity contribution in [3.8, 4) is 0 Å². The minimum atomic E-state index is -1.50. The normalized spacial score (nSPS) is 40.7. The number of aliphatic hydroxyl groups excluding tert-OH is 5. The number of ether oxygens (including phenoxy) is 2. The SMILES string of the molecule is C[C@@H]1CC(=O)CC(C)(C)[C@H]1CCC(O)CO[C@@H]1O[C@H](CO)[C@@H](O)[C@H](O)[C@H]1O. The van der Waals surface area contributed by atoms with Gasteiger partial charge in [-0.2, -0.15) is 0 Å². The van der Waals surface area contributed by atoms with E-state index in [1.807, 2.05) is 0 Å². The molecule has 27 heavy (non-hydrogen) atoms. The number of hydrogen-bond donors (Lipinski definition) is 5. The van der Waals surface area contributed by atoms with Crippen molar-refractivity contribution in [1.82, 2.24) is 0 Å². The Labute approximate surface area is 160 Å². The molecule has 0 amide bonds. The van der Waals surface area contributed by atoms with Crippen LogP contribution in [0.5, 0.6) is 0 Å². The van der Waals surface area contributed by atoms with Crippen LogP contribution in [-0.4, -0.2) is 81.3 Å². The largest absolute Gasteiger partial charge is 0.394 e. The summed E-state index contributed by atoms with van der Waals surface area (Å²) < 4.78 is 10.6. The summed E-state index contributed by atoms with van der Waals surface area (Å²) in [7, 11) is 0. The first-order valence-electron chi connectivity index (χ1n) is 9.68. The number of rotatable bonds is 7. The Bertz CT molecular complexity index is 494. The summed E-state index contributed by atoms with van der Waals surface area (Å²) in [5.74, 6) is 0.868. The summed E-state index contributed by atoms with van der Waals surface area (Å²) >= 11 is 0. The topological polar surface area (TPSA) is 137 Å². The van der Waals surface area contributed by atoms with Gasteiger partial charge in [0, 0.05) is 12.8 Å². The maximum Gasteiger partial charge on any atom is 0.186 e. The summed E-state index contributed by atoms with van der Waals surface area (Å²) in [5.41, 5.74) is -0.105. The molecule has 8 nitrogen and oxygen atoms in total. The predicted molar refractivity (Wildman–Crippen MR) is 95.6 cm³/mol. The Morgan fingerprint density at radius 1 is 1.22 bits per heavy atom. The lowest BCUT2D eigenvalue weighted by atomic mass is 9.62. The highest BCUT2D eigenvalue weighted by atomic mass is 16.7. The maximum absolute atomic E-state index is 11.8. The van der Waals surface area contributed by atoms with Crippen LogP contribution < -0.4 is 0 Å². The number of aliphatic hydroxyl groups is 5. The standard InChI is InChI=1S/C19H34O8/c1-10-6-12(22)7-19(2,3)13(10)5-4-11(21)9-26-18-17(25)16(24)15(23)14(8-20)27-18/h10-11,13-18,20-21,23-25H,4-9H2,1-3H3/t10-,11?,13+,14-,15-,16+,17-,18-/m1/s1. The van der Waals surface area contributed by atoms with Gasteiger partial charge in [-0.05, 0) is 30.1 Å². The van der Waals surface area contributed by atoms with Gasteiger partial charge in [-0.1, -0.05) is 20.8 Å². The van der Waals surface area contributed by atoms with E-state index in [2.05, 4.69) is 20.8 Å². The van der Waals surface area contributed by atoms with Gasteiger partial charge in [-0.25, -0.2) is 0 Å². The van der Waals surface area contributed by atoms with Crippen molar-refractivity contribution in [2.45, 2.75) is 83.3 Å². The zero-order valence-electron chi connectivity index (χ0n) is 16.3. The van der Waals surface area contributed by atoms with Crippen LogP contribution in [0.25, 0.3) is 0 Å². The Kier molecular flexibility index (Phi) is 7.78. The Morgan fingerprint density at radius 3 is 2.48 bits per heavy atom. The highest BCUT2D eigenvalue weighted by Crippen LogP contribution is 2.44. The fourth-order valence-electron chi connectivity index (χ4n) is 4.52. The number of carbonyl (C=O) groups excluding carboxylic acids is 1. The van der Waals surface area contributed by atoms with E-state index >= 15 is 0 Å². The van der Waals surface area contributed by atoms with E-state index in [0.29, 0.717) is 25.2 Å². The molecular weight excluding hydrogens is 356 g/mol. The van der Waals surface area contributed by atoms with Crippen molar-refractivity contribution in [1.29, 1.82) is 0 Å². The van der Waals surface area contributed by atoms with Crippen LogP contribution in [0, 0.1) is 17.3 Å². The van der Waals surface area contributed by atoms with Crippen LogP contribution >= 0.6 is 0 Å². The minimum Gasteiger partial charge on any atom is -0.394 e. The van der Waals surface area contributed by atoms with Crippen LogP contribution in [0.4, 0.5) is 0 Å². The molecule has 1 heterocycles. The predicted octanol–water partition coefficient (Wildman–Crippen LogP) is -0.415. The fraction of sp³-hybridized carbons (Fsp3) is 0.947. The second-order valence-electron chi connectivity index (χ2n) is 8.75. The monoisotopic (exact) mass is 390 g/mol.